The number of thioether (sulfide) groups is 1. The van der Waals surface area contributed by atoms with Crippen LogP contribution in [0.15, 0.2) is 23.4 Å². The Kier molecular flexibility index (Phi) is 3.41. The summed E-state index contributed by atoms with van der Waals surface area (Å²) in [5.74, 6) is -0.542. The first-order valence-corrected chi connectivity index (χ1v) is 7.55. The molecule has 2 aromatic rings. The highest BCUT2D eigenvalue weighted by molar-refractivity contribution is 7.99. The second kappa shape index (κ2) is 5.09. The number of imidazole rings is 1. The van der Waals surface area contributed by atoms with E-state index in [4.69, 9.17) is 5.11 Å². The van der Waals surface area contributed by atoms with Crippen LogP contribution in [0.1, 0.15) is 25.8 Å². The van der Waals surface area contributed by atoms with Gasteiger partial charge in [0.05, 0.1) is 16.8 Å². The van der Waals surface area contributed by atoms with Crippen LogP contribution in [0, 0.1) is 11.7 Å². The quantitative estimate of drug-likeness (QED) is 0.879. The zero-order valence-corrected chi connectivity index (χ0v) is 11.9. The van der Waals surface area contributed by atoms with Gasteiger partial charge in [-0.05, 0) is 37.0 Å². The van der Waals surface area contributed by atoms with E-state index in [-0.39, 0.29) is 11.6 Å². The Morgan fingerprint density at radius 3 is 2.95 bits per heavy atom. The van der Waals surface area contributed by atoms with Crippen molar-refractivity contribution in [3.05, 3.63) is 24.0 Å². The molecule has 1 saturated carbocycles. The second-order valence-corrected chi connectivity index (χ2v) is 6.25. The molecule has 0 radical (unpaired) electrons. The number of nitrogens with zero attached hydrogens (tertiary/aromatic N) is 2. The molecule has 1 fully saturated rings. The molecule has 20 heavy (non-hydrogen) atoms. The van der Waals surface area contributed by atoms with Crippen LogP contribution < -0.4 is 0 Å². The minimum atomic E-state index is -0.873. The van der Waals surface area contributed by atoms with E-state index in [1.807, 2.05) is 4.57 Å². The van der Waals surface area contributed by atoms with Crippen molar-refractivity contribution in [1.29, 1.82) is 0 Å². The lowest BCUT2D eigenvalue weighted by Gasteiger charge is -2.35. The molecule has 0 aliphatic heterocycles. The summed E-state index contributed by atoms with van der Waals surface area (Å²) in [6.45, 7) is 2.18. The summed E-state index contributed by atoms with van der Waals surface area (Å²) in [4.78, 5) is 15.2. The van der Waals surface area contributed by atoms with E-state index in [9.17, 15) is 9.18 Å². The number of carbonyl (C=O) groups is 1. The third-order valence-electron chi connectivity index (χ3n) is 3.66. The average molecular weight is 294 g/mol. The molecule has 4 nitrogen and oxygen atoms in total. The Bertz CT molecular complexity index is 664. The van der Waals surface area contributed by atoms with Gasteiger partial charge in [-0.2, -0.15) is 0 Å². The monoisotopic (exact) mass is 294 g/mol. The standard InChI is InChI=1S/C14H15FN2O2S/c1-8-4-10(5-8)17-12-6-9(15)2-3-11(12)16-14(17)20-7-13(18)19/h2-3,6,8,10H,4-5,7H2,1H3,(H,18,19). The number of carboxylic acids is 1. The fourth-order valence-corrected chi connectivity index (χ4v) is 3.50. The van der Waals surface area contributed by atoms with Gasteiger partial charge in [-0.1, -0.05) is 18.7 Å². The van der Waals surface area contributed by atoms with Crippen molar-refractivity contribution in [2.45, 2.75) is 31.0 Å². The SMILES string of the molecule is CC1CC(n2c(SCC(=O)O)nc3ccc(F)cc32)C1. The summed E-state index contributed by atoms with van der Waals surface area (Å²) in [6, 6.07) is 4.81. The molecule has 3 rings (SSSR count). The van der Waals surface area contributed by atoms with Gasteiger partial charge in [0.25, 0.3) is 0 Å². The molecule has 0 bridgehead atoms. The lowest BCUT2D eigenvalue weighted by atomic mass is 9.81. The highest BCUT2D eigenvalue weighted by Gasteiger charge is 2.30. The molecule has 0 amide bonds. The first kappa shape index (κ1) is 13.4. The van der Waals surface area contributed by atoms with Gasteiger partial charge < -0.3 is 9.67 Å². The van der Waals surface area contributed by atoms with Crippen molar-refractivity contribution < 1.29 is 14.3 Å². The molecule has 106 valence electrons. The lowest BCUT2D eigenvalue weighted by Crippen LogP contribution is -2.25. The molecule has 1 heterocycles. The van der Waals surface area contributed by atoms with Gasteiger partial charge in [0.15, 0.2) is 5.16 Å². The van der Waals surface area contributed by atoms with Crippen LogP contribution in [0.25, 0.3) is 11.0 Å². The van der Waals surface area contributed by atoms with Crippen molar-refractivity contribution in [3.8, 4) is 0 Å². The summed E-state index contributed by atoms with van der Waals surface area (Å²) in [5.41, 5.74) is 1.48. The maximum atomic E-state index is 13.5. The molecule has 0 atom stereocenters. The molecule has 0 saturated heterocycles. The van der Waals surface area contributed by atoms with Crippen molar-refractivity contribution in [2.24, 2.45) is 5.92 Å². The Hall–Kier alpha value is -1.56. The summed E-state index contributed by atoms with van der Waals surface area (Å²) in [5, 5.41) is 9.49. The summed E-state index contributed by atoms with van der Waals surface area (Å²) in [6.07, 6.45) is 2.06. The van der Waals surface area contributed by atoms with Crippen LogP contribution in [0.3, 0.4) is 0 Å². The Labute approximate surface area is 120 Å². The Morgan fingerprint density at radius 2 is 2.30 bits per heavy atom. The van der Waals surface area contributed by atoms with Crippen LogP contribution in [-0.2, 0) is 4.79 Å². The van der Waals surface area contributed by atoms with E-state index in [0.717, 1.165) is 23.9 Å². The van der Waals surface area contributed by atoms with Crippen LogP contribution in [0.2, 0.25) is 0 Å². The topological polar surface area (TPSA) is 55.1 Å². The number of aromatic nitrogens is 2. The highest BCUT2D eigenvalue weighted by Crippen LogP contribution is 2.41. The minimum absolute atomic E-state index is 0.0337. The maximum Gasteiger partial charge on any atom is 0.313 e. The van der Waals surface area contributed by atoms with Crippen LogP contribution in [0.5, 0.6) is 0 Å². The average Bonchev–Trinajstić information content (AvgIpc) is 2.70. The number of carboxylic acid groups (broad SMARTS) is 1. The molecule has 1 aromatic carbocycles. The largest absolute Gasteiger partial charge is 0.481 e. The number of rotatable bonds is 4. The zero-order chi connectivity index (χ0) is 14.3. The number of hydrogen-bond donors (Lipinski definition) is 1. The number of aliphatic carboxylic acids is 1. The fraction of sp³-hybridized carbons (Fsp3) is 0.429. The number of fused-ring (bicyclic) bond motifs is 1. The molecule has 0 spiro atoms. The predicted molar refractivity (Wildman–Crippen MR) is 75.5 cm³/mol. The molecule has 0 unspecified atom stereocenters. The Balaban J connectivity index is 2.03. The lowest BCUT2D eigenvalue weighted by molar-refractivity contribution is -0.133. The van der Waals surface area contributed by atoms with E-state index in [1.54, 1.807) is 6.07 Å². The first-order chi connectivity index (χ1) is 9.54. The first-order valence-electron chi connectivity index (χ1n) is 6.56. The van der Waals surface area contributed by atoms with Gasteiger partial charge in [0, 0.05) is 6.04 Å². The van der Waals surface area contributed by atoms with Crippen LogP contribution in [0.4, 0.5) is 4.39 Å². The zero-order valence-electron chi connectivity index (χ0n) is 11.0. The van der Waals surface area contributed by atoms with E-state index in [0.29, 0.717) is 17.1 Å². The van der Waals surface area contributed by atoms with Gasteiger partial charge >= 0.3 is 5.97 Å². The predicted octanol–water partition coefficient (Wildman–Crippen LogP) is 3.32. The van der Waals surface area contributed by atoms with Gasteiger partial charge in [-0.15, -0.1) is 0 Å². The molecule has 1 aliphatic carbocycles. The number of benzene rings is 1. The molecular weight excluding hydrogens is 279 g/mol. The van der Waals surface area contributed by atoms with Gasteiger partial charge in [0.1, 0.15) is 5.82 Å². The van der Waals surface area contributed by atoms with E-state index >= 15 is 0 Å². The van der Waals surface area contributed by atoms with Crippen LogP contribution in [-0.4, -0.2) is 26.4 Å². The molecule has 1 aliphatic rings. The van der Waals surface area contributed by atoms with E-state index in [2.05, 4.69) is 11.9 Å². The van der Waals surface area contributed by atoms with E-state index < -0.39 is 5.97 Å². The van der Waals surface area contributed by atoms with Crippen LogP contribution >= 0.6 is 11.8 Å². The number of hydrogen-bond acceptors (Lipinski definition) is 3. The van der Waals surface area contributed by atoms with Crippen molar-refractivity contribution in [2.75, 3.05) is 5.75 Å². The third-order valence-corrected chi connectivity index (χ3v) is 4.60. The normalized spacial score (nSPS) is 21.9. The van der Waals surface area contributed by atoms with Crippen molar-refractivity contribution in [3.63, 3.8) is 0 Å². The Morgan fingerprint density at radius 1 is 1.55 bits per heavy atom. The number of halogens is 1. The summed E-state index contributed by atoms with van der Waals surface area (Å²) >= 11 is 1.20. The second-order valence-electron chi connectivity index (χ2n) is 5.31. The smallest absolute Gasteiger partial charge is 0.313 e. The highest BCUT2D eigenvalue weighted by atomic mass is 32.2. The molecular formula is C14H15FN2O2S. The minimum Gasteiger partial charge on any atom is -0.481 e. The van der Waals surface area contributed by atoms with Gasteiger partial charge in [-0.25, -0.2) is 9.37 Å². The van der Waals surface area contributed by atoms with Gasteiger partial charge in [-0.3, -0.25) is 4.79 Å². The van der Waals surface area contributed by atoms with E-state index in [1.165, 1.54) is 23.9 Å². The fourth-order valence-electron chi connectivity index (χ4n) is 2.70. The van der Waals surface area contributed by atoms with Crippen molar-refractivity contribution >= 4 is 28.8 Å². The van der Waals surface area contributed by atoms with Gasteiger partial charge in [0.2, 0.25) is 0 Å². The maximum absolute atomic E-state index is 13.5. The molecule has 1 aromatic heterocycles. The molecule has 6 heteroatoms. The summed E-state index contributed by atoms with van der Waals surface area (Å²) < 4.78 is 15.5. The third kappa shape index (κ3) is 2.40. The molecule has 1 N–H and O–H groups in total. The van der Waals surface area contributed by atoms with Crippen molar-refractivity contribution in [1.82, 2.24) is 9.55 Å². The summed E-state index contributed by atoms with van der Waals surface area (Å²) in [7, 11) is 0.